The van der Waals surface area contributed by atoms with Crippen LogP contribution in [-0.4, -0.2) is 28.9 Å². The quantitative estimate of drug-likeness (QED) is 0.885. The van der Waals surface area contributed by atoms with Gasteiger partial charge < -0.3 is 9.88 Å². The van der Waals surface area contributed by atoms with Crippen LogP contribution < -0.4 is 0 Å². The summed E-state index contributed by atoms with van der Waals surface area (Å²) in [5.74, 6) is 0.501. The second-order valence-electron chi connectivity index (χ2n) is 6.48. The Morgan fingerprint density at radius 1 is 1.30 bits per heavy atom. The molecule has 2 aromatic rings. The molecule has 0 fully saturated rings. The van der Waals surface area contributed by atoms with Crippen LogP contribution in [0.4, 0.5) is 0 Å². The zero-order valence-electron chi connectivity index (χ0n) is 14.4. The Bertz CT molecular complexity index is 737. The molecule has 0 spiro atoms. The van der Waals surface area contributed by atoms with Gasteiger partial charge in [-0.05, 0) is 37.3 Å². The third kappa shape index (κ3) is 2.92. The summed E-state index contributed by atoms with van der Waals surface area (Å²) in [5.41, 5.74) is 5.14. The highest BCUT2D eigenvalue weighted by Crippen LogP contribution is 2.31. The van der Waals surface area contributed by atoms with Gasteiger partial charge in [-0.3, -0.25) is 4.79 Å². The van der Waals surface area contributed by atoms with Crippen LogP contribution in [0.25, 0.3) is 16.5 Å². The van der Waals surface area contributed by atoms with Crippen LogP contribution in [0.5, 0.6) is 0 Å². The Balaban J connectivity index is 1.81. The maximum Gasteiger partial charge on any atom is 0.225 e. The summed E-state index contributed by atoms with van der Waals surface area (Å²) >= 11 is 0. The van der Waals surface area contributed by atoms with Crippen molar-refractivity contribution in [2.75, 3.05) is 13.1 Å². The number of nitrogens with zero attached hydrogens (tertiary/aromatic N) is 1. The Morgan fingerprint density at radius 2 is 2.09 bits per heavy atom. The predicted octanol–water partition coefficient (Wildman–Crippen LogP) is 4.53. The van der Waals surface area contributed by atoms with Gasteiger partial charge in [0.25, 0.3) is 0 Å². The summed E-state index contributed by atoms with van der Waals surface area (Å²) in [6, 6.07) is 6.42. The molecule has 23 heavy (non-hydrogen) atoms. The number of amides is 1. The third-order valence-electron chi connectivity index (χ3n) is 5.13. The summed E-state index contributed by atoms with van der Waals surface area (Å²) in [4.78, 5) is 17.9. The van der Waals surface area contributed by atoms with E-state index in [4.69, 9.17) is 0 Å². The molecule has 2 heterocycles. The number of rotatable bonds is 4. The van der Waals surface area contributed by atoms with Crippen LogP contribution in [0, 0.1) is 12.8 Å². The van der Waals surface area contributed by atoms with Gasteiger partial charge in [-0.2, -0.15) is 0 Å². The first-order valence-corrected chi connectivity index (χ1v) is 8.70. The van der Waals surface area contributed by atoms with Gasteiger partial charge in [0.15, 0.2) is 0 Å². The number of aryl methyl sites for hydroxylation is 1. The molecule has 0 radical (unpaired) electrons. The zero-order valence-corrected chi connectivity index (χ0v) is 14.4. The molecule has 0 saturated carbocycles. The van der Waals surface area contributed by atoms with Gasteiger partial charge in [-0.25, -0.2) is 0 Å². The first-order chi connectivity index (χ1) is 11.2. The summed E-state index contributed by atoms with van der Waals surface area (Å²) in [5, 5.41) is 1.29. The summed E-state index contributed by atoms with van der Waals surface area (Å²) in [7, 11) is 0. The van der Waals surface area contributed by atoms with E-state index in [1.807, 2.05) is 4.90 Å². The van der Waals surface area contributed by atoms with Gasteiger partial charge in [0.1, 0.15) is 0 Å². The van der Waals surface area contributed by atoms with Gasteiger partial charge in [-0.1, -0.05) is 38.1 Å². The Hall–Kier alpha value is -2.03. The maximum atomic E-state index is 12.5. The van der Waals surface area contributed by atoms with E-state index < -0.39 is 0 Å². The second kappa shape index (κ2) is 6.61. The van der Waals surface area contributed by atoms with Crippen LogP contribution >= 0.6 is 0 Å². The molecule has 0 saturated heterocycles. The third-order valence-corrected chi connectivity index (χ3v) is 5.13. The number of nitrogens with one attached hydrogen (secondary N) is 1. The lowest BCUT2D eigenvalue weighted by Crippen LogP contribution is -2.38. The van der Waals surface area contributed by atoms with Crippen molar-refractivity contribution >= 4 is 22.4 Å². The molecule has 1 aliphatic rings. The average molecular weight is 310 g/mol. The fourth-order valence-electron chi connectivity index (χ4n) is 3.58. The molecule has 3 rings (SSSR count). The zero-order chi connectivity index (χ0) is 16.4. The van der Waals surface area contributed by atoms with Crippen molar-refractivity contribution in [1.29, 1.82) is 0 Å². The van der Waals surface area contributed by atoms with Crippen molar-refractivity contribution < 1.29 is 4.79 Å². The Morgan fingerprint density at radius 3 is 2.74 bits per heavy atom. The van der Waals surface area contributed by atoms with E-state index in [1.54, 1.807) is 0 Å². The fraction of sp³-hybridized carbons (Fsp3) is 0.450. The molecule has 1 N–H and O–H groups in total. The van der Waals surface area contributed by atoms with Crippen LogP contribution in [0.1, 0.15) is 44.2 Å². The SMILES string of the molecule is CCC(CC)C(=O)N1CC=C(c2c[nH]c3c(C)cccc23)CC1. The highest BCUT2D eigenvalue weighted by atomic mass is 16.2. The molecular formula is C20H26N2O. The first-order valence-electron chi connectivity index (χ1n) is 8.70. The highest BCUT2D eigenvalue weighted by Gasteiger charge is 2.24. The van der Waals surface area contributed by atoms with Crippen LogP contribution in [0.3, 0.4) is 0 Å². The van der Waals surface area contributed by atoms with E-state index >= 15 is 0 Å². The average Bonchev–Trinajstić information content (AvgIpc) is 3.01. The largest absolute Gasteiger partial charge is 0.360 e. The number of para-hydroxylation sites is 1. The molecule has 1 aliphatic heterocycles. The van der Waals surface area contributed by atoms with Gasteiger partial charge in [0.05, 0.1) is 0 Å². The minimum atomic E-state index is 0.181. The molecule has 1 amide bonds. The van der Waals surface area contributed by atoms with Crippen molar-refractivity contribution in [3.8, 4) is 0 Å². The van der Waals surface area contributed by atoms with E-state index in [0.717, 1.165) is 32.4 Å². The minimum Gasteiger partial charge on any atom is -0.360 e. The maximum absolute atomic E-state index is 12.5. The summed E-state index contributed by atoms with van der Waals surface area (Å²) in [6.45, 7) is 7.91. The molecule has 1 aromatic carbocycles. The first kappa shape index (κ1) is 15.9. The Labute approximate surface area is 138 Å². The lowest BCUT2D eigenvalue weighted by atomic mass is 9.96. The van der Waals surface area contributed by atoms with Crippen molar-refractivity contribution in [1.82, 2.24) is 9.88 Å². The fourth-order valence-corrected chi connectivity index (χ4v) is 3.58. The normalized spacial score (nSPS) is 15.3. The summed E-state index contributed by atoms with van der Waals surface area (Å²) < 4.78 is 0. The lowest BCUT2D eigenvalue weighted by molar-refractivity contribution is -0.135. The van der Waals surface area contributed by atoms with E-state index in [-0.39, 0.29) is 5.92 Å². The van der Waals surface area contributed by atoms with Gasteiger partial charge in [0.2, 0.25) is 5.91 Å². The molecule has 3 nitrogen and oxygen atoms in total. The van der Waals surface area contributed by atoms with Crippen LogP contribution in [0.2, 0.25) is 0 Å². The molecule has 3 heteroatoms. The van der Waals surface area contributed by atoms with Gasteiger partial charge in [-0.15, -0.1) is 0 Å². The van der Waals surface area contributed by atoms with E-state index in [0.29, 0.717) is 5.91 Å². The lowest BCUT2D eigenvalue weighted by Gasteiger charge is -2.29. The number of hydrogen-bond donors (Lipinski definition) is 1. The van der Waals surface area contributed by atoms with Crippen molar-refractivity contribution in [3.63, 3.8) is 0 Å². The molecule has 1 aromatic heterocycles. The number of aromatic amines is 1. The smallest absolute Gasteiger partial charge is 0.225 e. The molecule has 0 unspecified atom stereocenters. The number of hydrogen-bond acceptors (Lipinski definition) is 1. The second-order valence-corrected chi connectivity index (χ2v) is 6.48. The molecule has 0 atom stereocenters. The summed E-state index contributed by atoms with van der Waals surface area (Å²) in [6.07, 6.45) is 7.15. The monoisotopic (exact) mass is 310 g/mol. The predicted molar refractivity (Wildman–Crippen MR) is 96.3 cm³/mol. The Kier molecular flexibility index (Phi) is 4.56. The van der Waals surface area contributed by atoms with Gasteiger partial charge >= 0.3 is 0 Å². The molecule has 122 valence electrons. The van der Waals surface area contributed by atoms with Crippen molar-refractivity contribution in [2.24, 2.45) is 5.92 Å². The van der Waals surface area contributed by atoms with Crippen molar-refractivity contribution in [3.05, 3.63) is 41.6 Å². The molecular weight excluding hydrogens is 284 g/mol. The van der Waals surface area contributed by atoms with Crippen LogP contribution in [0.15, 0.2) is 30.5 Å². The molecule has 0 bridgehead atoms. The number of benzene rings is 1. The number of carbonyl (C=O) groups excluding carboxylic acids is 1. The van der Waals surface area contributed by atoms with E-state index in [1.165, 1.54) is 27.6 Å². The minimum absolute atomic E-state index is 0.181. The number of H-pyrrole nitrogens is 1. The topological polar surface area (TPSA) is 36.1 Å². The number of fused-ring (bicyclic) bond motifs is 1. The van der Waals surface area contributed by atoms with Gasteiger partial charge in [0, 0.05) is 41.7 Å². The highest BCUT2D eigenvalue weighted by molar-refractivity contribution is 5.94. The van der Waals surface area contributed by atoms with Crippen molar-refractivity contribution in [2.45, 2.75) is 40.0 Å². The number of aromatic nitrogens is 1. The molecule has 0 aliphatic carbocycles. The standard InChI is InChI=1S/C20H26N2O/c1-4-15(5-2)20(23)22-11-9-16(10-12-22)18-13-21-19-14(3)7-6-8-17(18)19/h6-9,13,15,21H,4-5,10-12H2,1-3H3. The van der Waals surface area contributed by atoms with E-state index in [9.17, 15) is 4.79 Å². The van der Waals surface area contributed by atoms with Crippen LogP contribution in [-0.2, 0) is 4.79 Å². The number of carbonyl (C=O) groups is 1. The van der Waals surface area contributed by atoms with E-state index in [2.05, 4.69) is 56.2 Å².